The molecule has 178 valence electrons. The van der Waals surface area contributed by atoms with E-state index in [-0.39, 0.29) is 11.4 Å². The summed E-state index contributed by atoms with van der Waals surface area (Å²) >= 11 is 0. The lowest BCUT2D eigenvalue weighted by atomic mass is 10.1. The first kappa shape index (κ1) is 22.5. The lowest BCUT2D eigenvalue weighted by molar-refractivity contribution is -0.137. The van der Waals surface area contributed by atoms with Gasteiger partial charge in [-0.3, -0.25) is 0 Å². The van der Waals surface area contributed by atoms with Gasteiger partial charge in [-0.05, 0) is 37.3 Å². The molecule has 0 fully saturated rings. The number of hydrogen-bond donors (Lipinski definition) is 1. The van der Waals surface area contributed by atoms with Crippen LogP contribution in [0.25, 0.3) is 28.1 Å². The Morgan fingerprint density at radius 1 is 0.971 bits per heavy atom. The molecule has 0 saturated heterocycles. The number of anilines is 2. The number of aryl methyl sites for hydroxylation is 2. The first-order valence-corrected chi connectivity index (χ1v) is 10.7. The number of pyridine rings is 1. The number of para-hydroxylation sites is 1. The van der Waals surface area contributed by atoms with E-state index in [9.17, 15) is 13.2 Å². The van der Waals surface area contributed by atoms with Gasteiger partial charge in [0.05, 0.1) is 35.9 Å². The molecule has 5 rings (SSSR count). The zero-order valence-electron chi connectivity index (χ0n) is 19.1. The molecule has 10 heteroatoms. The van der Waals surface area contributed by atoms with E-state index in [4.69, 9.17) is 4.74 Å². The Kier molecular flexibility index (Phi) is 5.43. The summed E-state index contributed by atoms with van der Waals surface area (Å²) in [5.41, 5.74) is 2.68. The Balaban J connectivity index is 1.56. The molecule has 3 aromatic heterocycles. The summed E-state index contributed by atoms with van der Waals surface area (Å²) < 4.78 is 49.9. The molecule has 0 aliphatic rings. The minimum Gasteiger partial charge on any atom is -0.479 e. The fourth-order valence-electron chi connectivity index (χ4n) is 4.02. The first-order chi connectivity index (χ1) is 16.8. The third-order valence-electron chi connectivity index (χ3n) is 5.67. The molecule has 0 spiro atoms. The predicted octanol–water partition coefficient (Wildman–Crippen LogP) is 5.90. The lowest BCUT2D eigenvalue weighted by Crippen LogP contribution is -2.08. The number of methoxy groups -OCH3 is 1. The highest BCUT2D eigenvalue weighted by atomic mass is 19.4. The molecule has 7 nitrogen and oxygen atoms in total. The van der Waals surface area contributed by atoms with Crippen LogP contribution in [0.3, 0.4) is 0 Å². The molecular weight excluding hydrogens is 457 g/mol. The average molecular weight is 478 g/mol. The Bertz CT molecular complexity index is 1540. The maximum atomic E-state index is 13.6. The van der Waals surface area contributed by atoms with Crippen molar-refractivity contribution in [2.75, 3.05) is 12.4 Å². The van der Waals surface area contributed by atoms with Gasteiger partial charge in [0.1, 0.15) is 22.8 Å². The number of fused-ring (bicyclic) bond motifs is 1. The lowest BCUT2D eigenvalue weighted by Gasteiger charge is -2.12. The molecule has 2 aromatic carbocycles. The van der Waals surface area contributed by atoms with Crippen LogP contribution in [0, 0.1) is 6.92 Å². The summed E-state index contributed by atoms with van der Waals surface area (Å²) in [6.45, 7) is 1.89. The van der Waals surface area contributed by atoms with Crippen LogP contribution in [-0.2, 0) is 13.2 Å². The van der Waals surface area contributed by atoms with Gasteiger partial charge in [0.25, 0.3) is 0 Å². The number of aromatic nitrogens is 5. The SMILES string of the molecule is COc1nc(Nc2cccc3c2nc(-c2ccccc2C(F)(F)F)n3C)ccc1-n1cnc(C)c1. The highest BCUT2D eigenvalue weighted by Gasteiger charge is 2.34. The van der Waals surface area contributed by atoms with Crippen LogP contribution >= 0.6 is 0 Å². The second-order valence-electron chi connectivity index (χ2n) is 7.98. The van der Waals surface area contributed by atoms with Crippen LogP contribution < -0.4 is 10.1 Å². The third-order valence-corrected chi connectivity index (χ3v) is 5.67. The highest BCUT2D eigenvalue weighted by molar-refractivity contribution is 5.93. The van der Waals surface area contributed by atoms with E-state index in [1.54, 1.807) is 36.1 Å². The van der Waals surface area contributed by atoms with Crippen LogP contribution in [-0.4, -0.2) is 31.2 Å². The highest BCUT2D eigenvalue weighted by Crippen LogP contribution is 2.38. The van der Waals surface area contributed by atoms with Crippen molar-refractivity contribution in [3.05, 3.63) is 78.4 Å². The monoisotopic (exact) mass is 478 g/mol. The Morgan fingerprint density at radius 2 is 1.77 bits per heavy atom. The zero-order chi connectivity index (χ0) is 24.7. The van der Waals surface area contributed by atoms with E-state index in [2.05, 4.69) is 20.3 Å². The van der Waals surface area contributed by atoms with E-state index in [0.29, 0.717) is 28.4 Å². The molecule has 0 atom stereocenters. The number of ether oxygens (including phenoxy) is 1. The second kappa shape index (κ2) is 8.46. The van der Waals surface area contributed by atoms with Gasteiger partial charge in [0.2, 0.25) is 5.88 Å². The molecule has 1 N–H and O–H groups in total. The topological polar surface area (TPSA) is 69.8 Å². The summed E-state index contributed by atoms with van der Waals surface area (Å²) in [6.07, 6.45) is -0.954. The zero-order valence-corrected chi connectivity index (χ0v) is 19.1. The van der Waals surface area contributed by atoms with E-state index in [1.807, 2.05) is 35.9 Å². The van der Waals surface area contributed by atoms with Gasteiger partial charge in [-0.1, -0.05) is 24.3 Å². The number of rotatable bonds is 5. The van der Waals surface area contributed by atoms with Crippen molar-refractivity contribution in [1.29, 1.82) is 0 Å². The molecule has 3 heterocycles. The molecule has 35 heavy (non-hydrogen) atoms. The number of halogens is 3. The van der Waals surface area contributed by atoms with Crippen LogP contribution in [0.2, 0.25) is 0 Å². The average Bonchev–Trinajstić information content (AvgIpc) is 3.42. The molecule has 5 aromatic rings. The quantitative estimate of drug-likeness (QED) is 0.341. The molecule has 0 radical (unpaired) electrons. The van der Waals surface area contributed by atoms with Crippen molar-refractivity contribution >= 4 is 22.5 Å². The van der Waals surface area contributed by atoms with Gasteiger partial charge >= 0.3 is 6.18 Å². The van der Waals surface area contributed by atoms with Gasteiger partial charge in [-0.2, -0.15) is 18.2 Å². The molecule has 0 unspecified atom stereocenters. The second-order valence-corrected chi connectivity index (χ2v) is 7.98. The standard InChI is InChI=1S/C25H21F3N6O/c1-15-13-34(14-29-15)20-11-12-21(31-24(20)35-3)30-18-9-6-10-19-22(18)32-23(33(19)2)16-7-4-5-8-17(16)25(26,27)28/h4-14H,1-3H3,(H,30,31). The number of alkyl halides is 3. The minimum atomic E-state index is -4.49. The fraction of sp³-hybridized carbons (Fsp3) is 0.160. The van der Waals surface area contributed by atoms with Crippen LogP contribution in [0.5, 0.6) is 5.88 Å². The first-order valence-electron chi connectivity index (χ1n) is 10.7. The third kappa shape index (κ3) is 4.07. The van der Waals surface area contributed by atoms with Crippen molar-refractivity contribution in [3.63, 3.8) is 0 Å². The van der Waals surface area contributed by atoms with Crippen molar-refractivity contribution in [3.8, 4) is 23.0 Å². The molecule has 0 amide bonds. The largest absolute Gasteiger partial charge is 0.479 e. The van der Waals surface area contributed by atoms with Gasteiger partial charge in [0, 0.05) is 18.8 Å². The Hall–Kier alpha value is -4.34. The number of hydrogen-bond acceptors (Lipinski definition) is 5. The molecule has 0 saturated carbocycles. The summed E-state index contributed by atoms with van der Waals surface area (Å²) in [4.78, 5) is 13.4. The van der Waals surface area contributed by atoms with Crippen LogP contribution in [0.15, 0.2) is 67.1 Å². The maximum Gasteiger partial charge on any atom is 0.417 e. The maximum absolute atomic E-state index is 13.6. The molecule has 0 aliphatic heterocycles. The van der Waals surface area contributed by atoms with Crippen molar-refractivity contribution in [2.45, 2.75) is 13.1 Å². The molecular formula is C25H21F3N6O. The smallest absolute Gasteiger partial charge is 0.417 e. The normalized spacial score (nSPS) is 11.7. The summed E-state index contributed by atoms with van der Waals surface area (Å²) in [6, 6.07) is 14.5. The van der Waals surface area contributed by atoms with Gasteiger partial charge < -0.3 is 19.2 Å². The number of imidazole rings is 2. The fourth-order valence-corrected chi connectivity index (χ4v) is 4.02. The number of nitrogens with one attached hydrogen (secondary N) is 1. The van der Waals surface area contributed by atoms with Gasteiger partial charge in [0.15, 0.2) is 0 Å². The predicted molar refractivity (Wildman–Crippen MR) is 127 cm³/mol. The number of benzene rings is 2. The van der Waals surface area contributed by atoms with Crippen molar-refractivity contribution < 1.29 is 17.9 Å². The summed E-state index contributed by atoms with van der Waals surface area (Å²) in [5.74, 6) is 1.11. The number of nitrogens with zero attached hydrogens (tertiary/aromatic N) is 5. The Labute approximate surface area is 198 Å². The van der Waals surface area contributed by atoms with Gasteiger partial charge in [-0.15, -0.1) is 0 Å². The molecule has 0 aliphatic carbocycles. The van der Waals surface area contributed by atoms with E-state index in [0.717, 1.165) is 17.4 Å². The van der Waals surface area contributed by atoms with E-state index >= 15 is 0 Å². The summed E-state index contributed by atoms with van der Waals surface area (Å²) in [7, 11) is 3.23. The van der Waals surface area contributed by atoms with E-state index < -0.39 is 11.7 Å². The summed E-state index contributed by atoms with van der Waals surface area (Å²) in [5, 5.41) is 3.23. The van der Waals surface area contributed by atoms with Crippen molar-refractivity contribution in [2.24, 2.45) is 7.05 Å². The van der Waals surface area contributed by atoms with Crippen molar-refractivity contribution in [1.82, 2.24) is 24.1 Å². The van der Waals surface area contributed by atoms with E-state index in [1.165, 1.54) is 19.2 Å². The van der Waals surface area contributed by atoms with Crippen LogP contribution in [0.4, 0.5) is 24.7 Å². The molecule has 0 bridgehead atoms. The Morgan fingerprint density at radius 3 is 2.49 bits per heavy atom. The van der Waals surface area contributed by atoms with Crippen LogP contribution in [0.1, 0.15) is 11.3 Å². The minimum absolute atomic E-state index is 0.0180. The van der Waals surface area contributed by atoms with Gasteiger partial charge in [-0.25, -0.2) is 9.97 Å².